The summed E-state index contributed by atoms with van der Waals surface area (Å²) >= 11 is 0. The summed E-state index contributed by atoms with van der Waals surface area (Å²) in [5.41, 5.74) is 3.64. The summed E-state index contributed by atoms with van der Waals surface area (Å²) in [6.07, 6.45) is 5.16. The highest BCUT2D eigenvalue weighted by atomic mass is 16.1. The van der Waals surface area contributed by atoms with E-state index in [0.717, 1.165) is 35.6 Å². The molecule has 0 radical (unpaired) electrons. The average Bonchev–Trinajstić information content (AvgIpc) is 2.55. The average molecular weight is 311 g/mol. The van der Waals surface area contributed by atoms with Crippen molar-refractivity contribution in [3.63, 3.8) is 0 Å². The van der Waals surface area contributed by atoms with Crippen molar-refractivity contribution < 1.29 is 4.79 Å². The first kappa shape index (κ1) is 17.0. The second kappa shape index (κ2) is 8.32. The summed E-state index contributed by atoms with van der Waals surface area (Å²) < 4.78 is 0. The summed E-state index contributed by atoms with van der Waals surface area (Å²) in [6.45, 7) is 7.06. The van der Waals surface area contributed by atoms with Gasteiger partial charge in [0, 0.05) is 24.0 Å². The smallest absolute Gasteiger partial charge is 0.255 e. The van der Waals surface area contributed by atoms with Gasteiger partial charge >= 0.3 is 0 Å². The number of hydrogen-bond donors (Lipinski definition) is 2. The lowest BCUT2D eigenvalue weighted by molar-refractivity contribution is 0.102. The van der Waals surface area contributed by atoms with E-state index in [1.807, 2.05) is 32.0 Å². The number of anilines is 2. The predicted octanol–water partition coefficient (Wildman–Crippen LogP) is 4.55. The Morgan fingerprint density at radius 2 is 1.96 bits per heavy atom. The molecule has 0 atom stereocenters. The fraction of sp³-hybridized carbons (Fsp3) is 0.368. The number of pyridine rings is 1. The van der Waals surface area contributed by atoms with Gasteiger partial charge in [0.25, 0.3) is 5.91 Å². The fourth-order valence-electron chi connectivity index (χ4n) is 2.32. The number of benzene rings is 1. The molecule has 1 aromatic heterocycles. The third-order valence-electron chi connectivity index (χ3n) is 3.75. The zero-order chi connectivity index (χ0) is 16.7. The van der Waals surface area contributed by atoms with Crippen molar-refractivity contribution in [3.05, 3.63) is 53.2 Å². The van der Waals surface area contributed by atoms with E-state index >= 15 is 0 Å². The van der Waals surface area contributed by atoms with Gasteiger partial charge in [0.1, 0.15) is 5.82 Å². The number of aromatic nitrogens is 1. The molecule has 0 saturated heterocycles. The van der Waals surface area contributed by atoms with E-state index in [-0.39, 0.29) is 5.91 Å². The van der Waals surface area contributed by atoms with Crippen molar-refractivity contribution in [1.82, 2.24) is 4.98 Å². The van der Waals surface area contributed by atoms with Crippen LogP contribution in [0, 0.1) is 13.8 Å². The summed E-state index contributed by atoms with van der Waals surface area (Å²) in [4.78, 5) is 16.7. The topological polar surface area (TPSA) is 54.0 Å². The number of carbonyl (C=O) groups excluding carboxylic acids is 1. The highest BCUT2D eigenvalue weighted by Gasteiger charge is 2.09. The molecule has 122 valence electrons. The van der Waals surface area contributed by atoms with Crippen molar-refractivity contribution in [3.8, 4) is 0 Å². The molecule has 0 aliphatic carbocycles. The van der Waals surface area contributed by atoms with Crippen molar-refractivity contribution in [2.24, 2.45) is 0 Å². The standard InChI is InChI=1S/C19H25N3O/c1-4-5-6-10-20-18-13-16(9-11-21-18)19(23)22-17-12-14(2)7-8-15(17)3/h7-9,11-13H,4-6,10H2,1-3H3,(H,20,21)(H,22,23). The zero-order valence-electron chi connectivity index (χ0n) is 14.1. The van der Waals surface area contributed by atoms with Gasteiger partial charge in [-0.2, -0.15) is 0 Å². The predicted molar refractivity (Wildman–Crippen MR) is 96.1 cm³/mol. The summed E-state index contributed by atoms with van der Waals surface area (Å²) in [5, 5.41) is 6.24. The number of aryl methyl sites for hydroxylation is 2. The summed E-state index contributed by atoms with van der Waals surface area (Å²) in [7, 11) is 0. The Morgan fingerprint density at radius 1 is 1.13 bits per heavy atom. The van der Waals surface area contributed by atoms with Gasteiger partial charge in [-0.15, -0.1) is 0 Å². The van der Waals surface area contributed by atoms with E-state index in [9.17, 15) is 4.79 Å². The van der Waals surface area contributed by atoms with Crippen LogP contribution in [0.2, 0.25) is 0 Å². The van der Waals surface area contributed by atoms with E-state index < -0.39 is 0 Å². The maximum absolute atomic E-state index is 12.4. The number of hydrogen-bond acceptors (Lipinski definition) is 3. The number of amides is 1. The molecule has 0 saturated carbocycles. The van der Waals surface area contributed by atoms with E-state index in [1.165, 1.54) is 12.8 Å². The van der Waals surface area contributed by atoms with Gasteiger partial charge in [-0.05, 0) is 49.6 Å². The van der Waals surface area contributed by atoms with Crippen LogP contribution in [0.4, 0.5) is 11.5 Å². The van der Waals surface area contributed by atoms with Crippen molar-refractivity contribution in [2.75, 3.05) is 17.2 Å². The first-order valence-electron chi connectivity index (χ1n) is 8.18. The third kappa shape index (κ3) is 5.09. The zero-order valence-corrected chi connectivity index (χ0v) is 14.1. The van der Waals surface area contributed by atoms with Gasteiger partial charge < -0.3 is 10.6 Å². The molecule has 0 unspecified atom stereocenters. The van der Waals surface area contributed by atoms with Crippen molar-refractivity contribution >= 4 is 17.4 Å². The van der Waals surface area contributed by atoms with Gasteiger partial charge in [-0.1, -0.05) is 31.9 Å². The molecular formula is C19H25N3O. The molecular weight excluding hydrogens is 286 g/mol. The molecule has 23 heavy (non-hydrogen) atoms. The third-order valence-corrected chi connectivity index (χ3v) is 3.75. The van der Waals surface area contributed by atoms with Crippen molar-refractivity contribution in [2.45, 2.75) is 40.0 Å². The molecule has 0 aliphatic rings. The largest absolute Gasteiger partial charge is 0.370 e. The van der Waals surface area contributed by atoms with Crippen LogP contribution in [0.15, 0.2) is 36.5 Å². The number of rotatable bonds is 7. The van der Waals surface area contributed by atoms with Gasteiger partial charge in [0.05, 0.1) is 0 Å². The van der Waals surface area contributed by atoms with Crippen LogP contribution in [-0.2, 0) is 0 Å². The van der Waals surface area contributed by atoms with Crippen molar-refractivity contribution in [1.29, 1.82) is 0 Å². The molecule has 4 heteroatoms. The van der Waals surface area contributed by atoms with Crippen LogP contribution in [0.1, 0.15) is 47.7 Å². The van der Waals surface area contributed by atoms with Crippen LogP contribution in [-0.4, -0.2) is 17.4 Å². The second-order valence-corrected chi connectivity index (χ2v) is 5.84. The molecule has 1 heterocycles. The Bertz CT molecular complexity index is 667. The highest BCUT2D eigenvalue weighted by molar-refractivity contribution is 6.05. The fourth-order valence-corrected chi connectivity index (χ4v) is 2.32. The number of nitrogens with one attached hydrogen (secondary N) is 2. The summed E-state index contributed by atoms with van der Waals surface area (Å²) in [5.74, 6) is 0.632. The van der Waals surface area contributed by atoms with Gasteiger partial charge in [-0.25, -0.2) is 4.98 Å². The Balaban J connectivity index is 2.03. The number of carbonyl (C=O) groups is 1. The van der Waals surface area contributed by atoms with E-state index in [2.05, 4.69) is 22.5 Å². The van der Waals surface area contributed by atoms with Crippen LogP contribution >= 0.6 is 0 Å². The van der Waals surface area contributed by atoms with Crippen LogP contribution < -0.4 is 10.6 Å². The maximum Gasteiger partial charge on any atom is 0.255 e. The molecule has 0 fully saturated rings. The highest BCUT2D eigenvalue weighted by Crippen LogP contribution is 2.18. The maximum atomic E-state index is 12.4. The van der Waals surface area contributed by atoms with Gasteiger partial charge in [-0.3, -0.25) is 4.79 Å². The van der Waals surface area contributed by atoms with Crippen LogP contribution in [0.25, 0.3) is 0 Å². The minimum Gasteiger partial charge on any atom is -0.370 e. The first-order valence-corrected chi connectivity index (χ1v) is 8.18. The molecule has 2 N–H and O–H groups in total. The second-order valence-electron chi connectivity index (χ2n) is 5.84. The van der Waals surface area contributed by atoms with Gasteiger partial charge in [0.15, 0.2) is 0 Å². The Kier molecular flexibility index (Phi) is 6.15. The monoisotopic (exact) mass is 311 g/mol. The van der Waals surface area contributed by atoms with Crippen LogP contribution in [0.5, 0.6) is 0 Å². The lowest BCUT2D eigenvalue weighted by Gasteiger charge is -2.10. The van der Waals surface area contributed by atoms with E-state index in [1.54, 1.807) is 18.3 Å². The lowest BCUT2D eigenvalue weighted by atomic mass is 10.1. The molecule has 0 spiro atoms. The Labute approximate surface area is 138 Å². The Morgan fingerprint density at radius 3 is 2.74 bits per heavy atom. The SMILES string of the molecule is CCCCCNc1cc(C(=O)Nc2cc(C)ccc2C)ccn1. The number of nitrogens with zero attached hydrogens (tertiary/aromatic N) is 1. The first-order chi connectivity index (χ1) is 11.1. The normalized spacial score (nSPS) is 10.4. The lowest BCUT2D eigenvalue weighted by Crippen LogP contribution is -2.14. The molecule has 0 bridgehead atoms. The minimum atomic E-state index is -0.113. The van der Waals surface area contributed by atoms with E-state index in [0.29, 0.717) is 5.56 Å². The quantitative estimate of drug-likeness (QED) is 0.737. The molecule has 1 amide bonds. The molecule has 1 aromatic carbocycles. The molecule has 2 aromatic rings. The molecule has 2 rings (SSSR count). The van der Waals surface area contributed by atoms with Gasteiger partial charge in [0.2, 0.25) is 0 Å². The van der Waals surface area contributed by atoms with E-state index in [4.69, 9.17) is 0 Å². The molecule has 0 aliphatic heterocycles. The summed E-state index contributed by atoms with van der Waals surface area (Å²) in [6, 6.07) is 9.57. The number of unbranched alkanes of at least 4 members (excludes halogenated alkanes) is 2. The minimum absolute atomic E-state index is 0.113. The van der Waals surface area contributed by atoms with Crippen LogP contribution in [0.3, 0.4) is 0 Å². The Hall–Kier alpha value is -2.36. The molecule has 4 nitrogen and oxygen atoms in total.